The first-order valence-electron chi connectivity index (χ1n) is 5.77. The highest BCUT2D eigenvalue weighted by Crippen LogP contribution is 2.22. The van der Waals surface area contributed by atoms with Gasteiger partial charge in [-0.1, -0.05) is 11.6 Å². The highest BCUT2D eigenvalue weighted by molar-refractivity contribution is 7.16. The molecule has 0 atom stereocenters. The summed E-state index contributed by atoms with van der Waals surface area (Å²) in [5.41, 5.74) is 0. The third kappa shape index (κ3) is 4.66. The predicted octanol–water partition coefficient (Wildman–Crippen LogP) is 2.70. The summed E-state index contributed by atoms with van der Waals surface area (Å²) >= 11 is 7.43. The molecule has 1 heterocycles. The molecule has 0 bridgehead atoms. The minimum absolute atomic E-state index is 0.181. The van der Waals surface area contributed by atoms with Crippen LogP contribution in [0.1, 0.15) is 18.7 Å². The van der Waals surface area contributed by atoms with Crippen LogP contribution in [0.2, 0.25) is 4.34 Å². The van der Waals surface area contributed by atoms with Crippen molar-refractivity contribution in [3.05, 3.63) is 21.3 Å². The first-order chi connectivity index (χ1) is 8.06. The topological polar surface area (TPSA) is 23.6 Å². The van der Waals surface area contributed by atoms with Crippen molar-refractivity contribution in [2.75, 3.05) is 26.7 Å². The van der Waals surface area contributed by atoms with E-state index in [2.05, 4.69) is 0 Å². The van der Waals surface area contributed by atoms with E-state index in [0.29, 0.717) is 6.54 Å². The molecular formula is C12H19ClN2OS. The van der Waals surface area contributed by atoms with Gasteiger partial charge in [0.2, 0.25) is 5.91 Å². The van der Waals surface area contributed by atoms with Crippen LogP contribution in [0.5, 0.6) is 0 Å². The molecule has 0 aliphatic heterocycles. The Morgan fingerprint density at radius 3 is 2.47 bits per heavy atom. The Bertz CT molecular complexity index is 363. The van der Waals surface area contributed by atoms with Gasteiger partial charge in [0.05, 0.1) is 10.9 Å². The average molecular weight is 275 g/mol. The Morgan fingerprint density at radius 1 is 1.35 bits per heavy atom. The largest absolute Gasteiger partial charge is 0.342 e. The van der Waals surface area contributed by atoms with Crippen LogP contribution in [0.25, 0.3) is 0 Å². The second-order valence-electron chi connectivity index (χ2n) is 3.94. The van der Waals surface area contributed by atoms with Gasteiger partial charge in [0.1, 0.15) is 0 Å². The zero-order valence-corrected chi connectivity index (χ0v) is 12.1. The highest BCUT2D eigenvalue weighted by atomic mass is 35.5. The van der Waals surface area contributed by atoms with Crippen LogP contribution in [-0.2, 0) is 11.3 Å². The quantitative estimate of drug-likeness (QED) is 0.796. The molecule has 0 radical (unpaired) electrons. The molecule has 0 spiro atoms. The van der Waals surface area contributed by atoms with Gasteiger partial charge >= 0.3 is 0 Å². The van der Waals surface area contributed by atoms with Gasteiger partial charge in [-0.25, -0.2) is 0 Å². The molecule has 1 aromatic rings. The van der Waals surface area contributed by atoms with Gasteiger partial charge in [-0.2, -0.15) is 0 Å². The maximum atomic E-state index is 11.9. The van der Waals surface area contributed by atoms with Crippen LogP contribution in [0.3, 0.4) is 0 Å². The molecule has 0 N–H and O–H groups in total. The van der Waals surface area contributed by atoms with Crippen molar-refractivity contribution in [2.45, 2.75) is 20.4 Å². The standard InChI is InChI=1S/C12H19ClN2OS/c1-4-15(5-2)12(16)9-14(3)8-10-6-7-11(13)17-10/h6-7H,4-5,8-9H2,1-3H3. The Balaban J connectivity index is 2.44. The fourth-order valence-corrected chi connectivity index (χ4v) is 2.83. The Morgan fingerprint density at radius 2 is 2.00 bits per heavy atom. The molecule has 1 rings (SSSR count). The number of thiophene rings is 1. The van der Waals surface area contributed by atoms with Crippen molar-refractivity contribution in [1.82, 2.24) is 9.80 Å². The molecule has 3 nitrogen and oxygen atoms in total. The van der Waals surface area contributed by atoms with Gasteiger partial charge < -0.3 is 4.90 Å². The van der Waals surface area contributed by atoms with Gasteiger partial charge in [0.15, 0.2) is 0 Å². The van der Waals surface area contributed by atoms with Crippen molar-refractivity contribution in [2.24, 2.45) is 0 Å². The summed E-state index contributed by atoms with van der Waals surface area (Å²) in [6.07, 6.45) is 0. The van der Waals surface area contributed by atoms with Gasteiger partial charge in [-0.3, -0.25) is 9.69 Å². The molecular weight excluding hydrogens is 256 g/mol. The monoisotopic (exact) mass is 274 g/mol. The minimum Gasteiger partial charge on any atom is -0.342 e. The first kappa shape index (κ1) is 14.5. The van der Waals surface area contributed by atoms with Crippen LogP contribution < -0.4 is 0 Å². The fourth-order valence-electron chi connectivity index (χ4n) is 1.67. The number of nitrogens with zero attached hydrogens (tertiary/aromatic N) is 2. The number of hydrogen-bond donors (Lipinski definition) is 0. The van der Waals surface area contributed by atoms with E-state index in [1.807, 2.05) is 42.8 Å². The SMILES string of the molecule is CCN(CC)C(=O)CN(C)Cc1ccc(Cl)s1. The third-order valence-electron chi connectivity index (χ3n) is 2.58. The van der Waals surface area contributed by atoms with E-state index < -0.39 is 0 Å². The lowest BCUT2D eigenvalue weighted by Gasteiger charge is -2.22. The first-order valence-corrected chi connectivity index (χ1v) is 6.96. The number of carbonyl (C=O) groups is 1. The lowest BCUT2D eigenvalue weighted by atomic mass is 10.4. The summed E-state index contributed by atoms with van der Waals surface area (Å²) in [5, 5.41) is 0. The van der Waals surface area contributed by atoms with Crippen LogP contribution in [0.15, 0.2) is 12.1 Å². The molecule has 0 fully saturated rings. The Hall–Kier alpha value is -0.580. The maximum Gasteiger partial charge on any atom is 0.236 e. The normalized spacial score (nSPS) is 10.9. The zero-order valence-electron chi connectivity index (χ0n) is 10.6. The van der Waals surface area contributed by atoms with Crippen molar-refractivity contribution in [1.29, 1.82) is 0 Å². The molecule has 17 heavy (non-hydrogen) atoms. The molecule has 1 aromatic heterocycles. The van der Waals surface area contributed by atoms with Gasteiger partial charge in [-0.05, 0) is 33.0 Å². The molecule has 0 aliphatic rings. The number of halogens is 1. The molecule has 0 saturated carbocycles. The molecule has 5 heteroatoms. The number of rotatable bonds is 6. The van der Waals surface area contributed by atoms with Crippen molar-refractivity contribution >= 4 is 28.8 Å². The second-order valence-corrected chi connectivity index (χ2v) is 5.74. The number of amides is 1. The number of hydrogen-bond acceptors (Lipinski definition) is 3. The van der Waals surface area contributed by atoms with Crippen LogP contribution >= 0.6 is 22.9 Å². The second kappa shape index (κ2) is 6.99. The van der Waals surface area contributed by atoms with Crippen molar-refractivity contribution < 1.29 is 4.79 Å². The lowest BCUT2D eigenvalue weighted by Crippen LogP contribution is -2.38. The highest BCUT2D eigenvalue weighted by Gasteiger charge is 2.12. The zero-order chi connectivity index (χ0) is 12.8. The van der Waals surface area contributed by atoms with E-state index in [9.17, 15) is 4.79 Å². The van der Waals surface area contributed by atoms with Gasteiger partial charge in [0, 0.05) is 24.5 Å². The van der Waals surface area contributed by atoms with Crippen molar-refractivity contribution in [3.63, 3.8) is 0 Å². The van der Waals surface area contributed by atoms with E-state index >= 15 is 0 Å². The molecule has 0 aromatic carbocycles. The number of carbonyl (C=O) groups excluding carboxylic acids is 1. The summed E-state index contributed by atoms with van der Waals surface area (Å²) in [6.45, 7) is 6.77. The predicted molar refractivity (Wildman–Crippen MR) is 73.6 cm³/mol. The molecule has 96 valence electrons. The van der Waals surface area contributed by atoms with E-state index in [1.54, 1.807) is 11.3 Å². The molecule has 0 unspecified atom stereocenters. The van der Waals surface area contributed by atoms with E-state index in [1.165, 1.54) is 4.88 Å². The summed E-state index contributed by atoms with van der Waals surface area (Å²) in [4.78, 5) is 16.9. The van der Waals surface area contributed by atoms with Crippen LogP contribution in [0.4, 0.5) is 0 Å². The molecule has 0 aliphatic carbocycles. The Kier molecular flexibility index (Phi) is 5.95. The molecule has 1 amide bonds. The summed E-state index contributed by atoms with van der Waals surface area (Å²) in [7, 11) is 1.95. The van der Waals surface area contributed by atoms with E-state index in [0.717, 1.165) is 24.0 Å². The number of likely N-dealkylation sites (N-methyl/N-ethyl adjacent to an activating group) is 2. The Labute approximate surface area is 112 Å². The van der Waals surface area contributed by atoms with Crippen LogP contribution in [-0.4, -0.2) is 42.4 Å². The van der Waals surface area contributed by atoms with E-state index in [4.69, 9.17) is 11.6 Å². The third-order valence-corrected chi connectivity index (χ3v) is 3.79. The summed E-state index contributed by atoms with van der Waals surface area (Å²) in [6, 6.07) is 3.90. The van der Waals surface area contributed by atoms with Crippen molar-refractivity contribution in [3.8, 4) is 0 Å². The van der Waals surface area contributed by atoms with E-state index in [-0.39, 0.29) is 5.91 Å². The fraction of sp³-hybridized carbons (Fsp3) is 0.583. The maximum absolute atomic E-state index is 11.9. The average Bonchev–Trinajstić information content (AvgIpc) is 2.65. The summed E-state index contributed by atoms with van der Waals surface area (Å²) < 4.78 is 0.795. The minimum atomic E-state index is 0.181. The van der Waals surface area contributed by atoms with Gasteiger partial charge in [-0.15, -0.1) is 11.3 Å². The summed E-state index contributed by atoms with van der Waals surface area (Å²) in [5.74, 6) is 0.181. The van der Waals surface area contributed by atoms with Crippen LogP contribution in [0, 0.1) is 0 Å². The smallest absolute Gasteiger partial charge is 0.236 e. The van der Waals surface area contributed by atoms with Gasteiger partial charge in [0.25, 0.3) is 0 Å². The lowest BCUT2D eigenvalue weighted by molar-refractivity contribution is -0.131. The molecule has 0 saturated heterocycles.